The lowest BCUT2D eigenvalue weighted by Crippen LogP contribution is -2.36. The molecule has 0 unspecified atom stereocenters. The van der Waals surface area contributed by atoms with Crippen LogP contribution < -0.4 is 27.4 Å². The molecule has 0 aliphatic heterocycles. The highest BCUT2D eigenvalue weighted by Gasteiger charge is 2.24. The van der Waals surface area contributed by atoms with Gasteiger partial charge in [0.25, 0.3) is 0 Å². The van der Waals surface area contributed by atoms with Gasteiger partial charge in [0.1, 0.15) is 42.3 Å². The lowest BCUT2D eigenvalue weighted by molar-refractivity contribution is -0.667. The van der Waals surface area contributed by atoms with Crippen LogP contribution in [-0.2, 0) is 42.3 Å². The number of aromatic nitrogens is 6. The number of benzene rings is 6. The van der Waals surface area contributed by atoms with Crippen molar-refractivity contribution in [2.45, 2.75) is 166 Å². The highest BCUT2D eigenvalue weighted by Crippen LogP contribution is 2.31. The van der Waals surface area contributed by atoms with Crippen LogP contribution in [0.5, 0.6) is 0 Å². The van der Waals surface area contributed by atoms with E-state index in [9.17, 15) is 0 Å². The summed E-state index contributed by atoms with van der Waals surface area (Å²) in [4.78, 5) is 0. The van der Waals surface area contributed by atoms with Crippen molar-refractivity contribution in [3.8, 4) is 67.5 Å². The van der Waals surface area contributed by atoms with Gasteiger partial charge in [-0.1, -0.05) is 97.1 Å². The van der Waals surface area contributed by atoms with Crippen LogP contribution in [0.15, 0.2) is 182 Å². The number of pyridine rings is 6. The van der Waals surface area contributed by atoms with Gasteiger partial charge in [-0.05, 0) is 239 Å². The van der Waals surface area contributed by atoms with Crippen LogP contribution in [0.1, 0.15) is 151 Å². The van der Waals surface area contributed by atoms with Crippen molar-refractivity contribution in [1.82, 2.24) is 0 Å². The first-order valence-corrected chi connectivity index (χ1v) is 35.3. The molecule has 6 heterocycles. The highest BCUT2D eigenvalue weighted by molar-refractivity contribution is 5.69. The Balaban J connectivity index is 0.000000190. The zero-order chi connectivity index (χ0) is 85.5. The molecule has 0 N–H and O–H groups in total. The predicted octanol–water partition coefficient (Wildman–Crippen LogP) is 20.5. The predicted molar refractivity (Wildman–Crippen MR) is 432 cm³/mol. The van der Waals surface area contributed by atoms with E-state index in [1.165, 1.54) is 112 Å². The number of aryl methyl sites for hydroxylation is 18. The molecule has 102 heavy (non-hydrogen) atoms. The van der Waals surface area contributed by atoms with Crippen molar-refractivity contribution in [2.24, 2.45) is 42.3 Å². The molecule has 528 valence electrons. The molecule has 0 saturated heterocycles. The molecular formula is C96H120N6+6. The van der Waals surface area contributed by atoms with Gasteiger partial charge in [0.15, 0.2) is 34.2 Å². The Morgan fingerprint density at radius 1 is 0.216 bits per heavy atom. The van der Waals surface area contributed by atoms with Crippen molar-refractivity contribution < 1.29 is 43.9 Å². The summed E-state index contributed by atoms with van der Waals surface area (Å²) in [5, 5.41) is 0. The summed E-state index contributed by atoms with van der Waals surface area (Å²) in [7, 11) is 11.7. The van der Waals surface area contributed by atoms with Crippen LogP contribution in [0, 0.1) is 166 Å². The molecule has 0 saturated carbocycles. The number of rotatable bonds is 6. The zero-order valence-electron chi connectivity index (χ0n) is 78.0. The van der Waals surface area contributed by atoms with Crippen molar-refractivity contribution in [3.63, 3.8) is 0 Å². The van der Waals surface area contributed by atoms with Crippen LogP contribution >= 0.6 is 0 Å². The van der Waals surface area contributed by atoms with Gasteiger partial charge in [-0.2, -0.15) is 27.4 Å². The molecule has 0 bridgehead atoms. The highest BCUT2D eigenvalue weighted by atomic mass is 15.0. The van der Waals surface area contributed by atoms with Crippen LogP contribution in [0.25, 0.3) is 67.5 Å². The van der Waals surface area contributed by atoms with Crippen LogP contribution in [0.4, 0.5) is 0 Å². The van der Waals surface area contributed by atoms with Crippen molar-refractivity contribution >= 4 is 0 Å². The average Bonchev–Trinajstić information content (AvgIpc) is 0.766. The maximum Gasteiger partial charge on any atom is 0.215 e. The first-order chi connectivity index (χ1) is 52.9. The molecule has 6 aromatic carbocycles. The van der Waals surface area contributed by atoms with E-state index in [-0.39, 0.29) is 11.3 Å². The van der Waals surface area contributed by atoms with Crippen molar-refractivity contribution in [3.05, 3.63) is 316 Å². The van der Waals surface area contributed by atoms with Crippen LogP contribution in [0.2, 0.25) is 0 Å². The SMILES string of the molecule is Cc1cc(C)[n+](C)c(-c2c(C)cccc2C)c1.Cc1cccc(-c2ccc(C)c(C)[n+]2C)c1C.Cc1ccccc1-c1c(C)c(C)cc(C)[n+]1C.[2H]C([2H])([2H])c1cc(C)c(C)c(-c2ccccc2C)[n+]1C.[2H]C([2H])([2H])c1cc(C)cc(-c2c(C)cccc2C)[n+]1C.[2H]C([2H])([2H])c1ccc(-c2cccc(C)c2C)[n+](C)c1C([2H])([2H])[2H]. The van der Waals surface area contributed by atoms with E-state index in [4.69, 9.17) is 16.4 Å². The van der Waals surface area contributed by atoms with Gasteiger partial charge >= 0.3 is 0 Å². The standard InChI is InChI=1S/6C16H20N/c2*1-11-9-14(4)17(5)15(10-11)16-12(2)7-6-8-13(16)3;2*1-11-7-6-8-15(13(11)3)16-10-9-12(2)14(4)17(16)5;2*1-11-8-6-7-9-15(11)16-14(4)12(2)10-13(3)17(16)5/h6*6-10H,1-5H3/q6*+1/i4D3;;2D3,4D3;;3D3;. The Morgan fingerprint density at radius 2 is 0.549 bits per heavy atom. The topological polar surface area (TPSA) is 23.3 Å². The van der Waals surface area contributed by atoms with Crippen LogP contribution in [0.3, 0.4) is 0 Å². The molecule has 6 aromatic heterocycles. The minimum atomic E-state index is -2.51. The fourth-order valence-corrected chi connectivity index (χ4v) is 13.4. The molecule has 6 heteroatoms. The summed E-state index contributed by atoms with van der Waals surface area (Å²) in [6, 6.07) is 61.4. The molecule has 0 atom stereocenters. The van der Waals surface area contributed by atoms with E-state index in [0.29, 0.717) is 17.1 Å². The summed E-state index contributed by atoms with van der Waals surface area (Å²) in [6.45, 7) is 33.0. The number of hydrogen-bond acceptors (Lipinski definition) is 0. The molecule has 0 aliphatic carbocycles. The van der Waals surface area contributed by atoms with Gasteiger partial charge < -0.3 is 0 Å². The first kappa shape index (κ1) is 63.2. The second kappa shape index (κ2) is 34.7. The van der Waals surface area contributed by atoms with E-state index in [2.05, 4.69) is 235 Å². The van der Waals surface area contributed by atoms with Gasteiger partial charge in [0.2, 0.25) is 34.2 Å². The fraction of sp³-hybridized carbons (Fsp3) is 0.312. The molecule has 0 aliphatic rings. The summed E-state index contributed by atoms with van der Waals surface area (Å²) in [5.41, 5.74) is 38.8. The molecule has 0 spiro atoms. The molecule has 0 fully saturated rings. The quantitative estimate of drug-likeness (QED) is 0.148. The zero-order valence-corrected chi connectivity index (χ0v) is 66.0. The Kier molecular flexibility index (Phi) is 21.5. The van der Waals surface area contributed by atoms with Crippen molar-refractivity contribution in [2.75, 3.05) is 0 Å². The minimum absolute atomic E-state index is 0.131. The maximum absolute atomic E-state index is 7.75. The molecule has 0 amide bonds. The molecule has 12 aromatic rings. The first-order valence-electron chi connectivity index (χ1n) is 41.3. The van der Waals surface area contributed by atoms with E-state index in [0.717, 1.165) is 72.6 Å². The lowest BCUT2D eigenvalue weighted by Gasteiger charge is -2.10. The maximum atomic E-state index is 7.75. The minimum Gasteiger partial charge on any atom is -0.199 e. The normalized spacial score (nSPS) is 12.9. The van der Waals surface area contributed by atoms with Gasteiger partial charge in [0, 0.05) is 151 Å². The van der Waals surface area contributed by atoms with Gasteiger partial charge in [-0.15, -0.1) is 0 Å². The van der Waals surface area contributed by atoms with Crippen LogP contribution in [-0.4, -0.2) is 0 Å². The van der Waals surface area contributed by atoms with E-state index >= 15 is 0 Å². The molecule has 12 rings (SSSR count). The van der Waals surface area contributed by atoms with E-state index in [1.54, 1.807) is 34.4 Å². The number of hydrogen-bond donors (Lipinski definition) is 0. The van der Waals surface area contributed by atoms with Gasteiger partial charge in [-0.25, -0.2) is 0 Å². The third-order valence-corrected chi connectivity index (χ3v) is 20.7. The Morgan fingerprint density at radius 3 is 0.971 bits per heavy atom. The summed E-state index contributed by atoms with van der Waals surface area (Å²) in [5.74, 6) is 0. The summed E-state index contributed by atoms with van der Waals surface area (Å²) < 4.78 is 104. The fourth-order valence-electron chi connectivity index (χ4n) is 13.4. The third-order valence-electron chi connectivity index (χ3n) is 20.7. The molecule has 0 radical (unpaired) electrons. The summed E-state index contributed by atoms with van der Waals surface area (Å²) >= 11 is 0. The Hall–Kier alpha value is -9.78. The number of nitrogens with zero attached hydrogens (tertiary/aromatic N) is 6. The Labute approximate surface area is 632 Å². The second-order valence-electron chi connectivity index (χ2n) is 28.0. The average molecular weight is 1370 g/mol. The molecular weight excluding hydrogens is 1240 g/mol. The third kappa shape index (κ3) is 18.3. The largest absolute Gasteiger partial charge is 0.215 e. The van der Waals surface area contributed by atoms with Gasteiger partial charge in [0.05, 0.1) is 11.1 Å². The monoisotopic (exact) mass is 1370 g/mol. The van der Waals surface area contributed by atoms with Crippen molar-refractivity contribution in [1.29, 1.82) is 0 Å². The van der Waals surface area contributed by atoms with E-state index < -0.39 is 27.4 Å². The van der Waals surface area contributed by atoms with E-state index in [1.807, 2.05) is 110 Å². The summed E-state index contributed by atoms with van der Waals surface area (Å²) in [6.07, 6.45) is 0. The smallest absolute Gasteiger partial charge is 0.199 e. The molecule has 6 nitrogen and oxygen atoms in total. The lowest BCUT2D eigenvalue weighted by atomic mass is 9.98. The van der Waals surface area contributed by atoms with Gasteiger partial charge in [-0.3, -0.25) is 0 Å². The second-order valence-corrected chi connectivity index (χ2v) is 28.0. The Bertz CT molecular complexity index is 5460.